The molecule has 0 aliphatic carbocycles. The van der Waals surface area contributed by atoms with Gasteiger partial charge in [0.15, 0.2) is 0 Å². The van der Waals surface area contributed by atoms with Crippen molar-refractivity contribution in [3.63, 3.8) is 0 Å². The number of carbonyl (C=O) groups is 1. The van der Waals surface area contributed by atoms with Crippen molar-refractivity contribution >= 4 is 5.91 Å². The summed E-state index contributed by atoms with van der Waals surface area (Å²) in [5.41, 5.74) is -0.297. The SMILES string of the molecule is CCC(O)(CC)CNC(=O)c1cnn(C)c1. The van der Waals surface area contributed by atoms with Crippen LogP contribution in [0.15, 0.2) is 12.4 Å². The third kappa shape index (κ3) is 3.06. The lowest BCUT2D eigenvalue weighted by molar-refractivity contribution is 0.0314. The average Bonchev–Trinajstić information content (AvgIpc) is 2.72. The number of hydrogen-bond donors (Lipinski definition) is 2. The van der Waals surface area contributed by atoms with E-state index < -0.39 is 5.60 Å². The van der Waals surface area contributed by atoms with Gasteiger partial charge in [0, 0.05) is 19.8 Å². The van der Waals surface area contributed by atoms with Crippen molar-refractivity contribution in [2.45, 2.75) is 32.3 Å². The maximum Gasteiger partial charge on any atom is 0.254 e. The van der Waals surface area contributed by atoms with Crippen molar-refractivity contribution in [1.82, 2.24) is 15.1 Å². The monoisotopic (exact) mass is 225 g/mol. The Bertz CT molecular complexity index is 356. The highest BCUT2D eigenvalue weighted by molar-refractivity contribution is 5.93. The molecule has 0 aromatic carbocycles. The highest BCUT2D eigenvalue weighted by Gasteiger charge is 2.23. The molecular weight excluding hydrogens is 206 g/mol. The van der Waals surface area contributed by atoms with Gasteiger partial charge in [-0.05, 0) is 12.8 Å². The van der Waals surface area contributed by atoms with Crippen molar-refractivity contribution in [2.24, 2.45) is 7.05 Å². The molecule has 0 radical (unpaired) electrons. The van der Waals surface area contributed by atoms with Crippen molar-refractivity contribution < 1.29 is 9.90 Å². The van der Waals surface area contributed by atoms with Crippen LogP contribution in [0.1, 0.15) is 37.0 Å². The fourth-order valence-electron chi connectivity index (χ4n) is 1.39. The number of aliphatic hydroxyl groups is 1. The van der Waals surface area contributed by atoms with Crippen LogP contribution in [0.3, 0.4) is 0 Å². The lowest BCUT2D eigenvalue weighted by Gasteiger charge is -2.25. The number of amides is 1. The molecule has 0 atom stereocenters. The summed E-state index contributed by atoms with van der Waals surface area (Å²) in [6.07, 6.45) is 4.40. The van der Waals surface area contributed by atoms with Crippen LogP contribution < -0.4 is 5.32 Å². The topological polar surface area (TPSA) is 67.2 Å². The van der Waals surface area contributed by atoms with Gasteiger partial charge < -0.3 is 10.4 Å². The molecule has 0 fully saturated rings. The molecule has 1 amide bonds. The van der Waals surface area contributed by atoms with E-state index in [1.807, 2.05) is 13.8 Å². The van der Waals surface area contributed by atoms with E-state index in [9.17, 15) is 9.90 Å². The lowest BCUT2D eigenvalue weighted by Crippen LogP contribution is -2.41. The van der Waals surface area contributed by atoms with Crippen molar-refractivity contribution in [1.29, 1.82) is 0 Å². The number of aryl methyl sites for hydroxylation is 1. The molecular formula is C11H19N3O2. The Morgan fingerprint density at radius 3 is 2.62 bits per heavy atom. The van der Waals surface area contributed by atoms with Crippen LogP contribution in [0, 0.1) is 0 Å². The molecule has 0 unspecified atom stereocenters. The molecule has 1 aromatic rings. The standard InChI is InChI=1S/C11H19N3O2/c1-4-11(16,5-2)8-12-10(15)9-6-13-14(3)7-9/h6-7,16H,4-5,8H2,1-3H3,(H,12,15). The zero-order valence-electron chi connectivity index (χ0n) is 10.0. The molecule has 16 heavy (non-hydrogen) atoms. The predicted octanol–water partition coefficient (Wildman–Crippen LogP) is 0.701. The minimum Gasteiger partial charge on any atom is -0.388 e. The number of rotatable bonds is 5. The molecule has 2 N–H and O–H groups in total. The van der Waals surface area contributed by atoms with E-state index in [1.54, 1.807) is 17.9 Å². The van der Waals surface area contributed by atoms with Crippen molar-refractivity contribution in [2.75, 3.05) is 6.54 Å². The second-order valence-electron chi connectivity index (χ2n) is 4.02. The molecule has 0 saturated heterocycles. The summed E-state index contributed by atoms with van der Waals surface area (Å²) >= 11 is 0. The van der Waals surface area contributed by atoms with Crippen LogP contribution in [-0.4, -0.2) is 32.9 Å². The Hall–Kier alpha value is -1.36. The van der Waals surface area contributed by atoms with Gasteiger partial charge in [0.1, 0.15) is 0 Å². The second kappa shape index (κ2) is 5.12. The Labute approximate surface area is 95.5 Å². The molecule has 0 aliphatic rings. The summed E-state index contributed by atoms with van der Waals surface area (Å²) in [6, 6.07) is 0. The number of aromatic nitrogens is 2. The Morgan fingerprint density at radius 1 is 1.56 bits per heavy atom. The fourth-order valence-corrected chi connectivity index (χ4v) is 1.39. The molecule has 90 valence electrons. The van der Waals surface area contributed by atoms with Crippen molar-refractivity contribution in [3.8, 4) is 0 Å². The van der Waals surface area contributed by atoms with Crippen LogP contribution in [0.25, 0.3) is 0 Å². The van der Waals surface area contributed by atoms with Crippen LogP contribution in [-0.2, 0) is 7.05 Å². The van der Waals surface area contributed by atoms with Crippen LogP contribution >= 0.6 is 0 Å². The summed E-state index contributed by atoms with van der Waals surface area (Å²) in [5.74, 6) is -0.201. The number of nitrogens with one attached hydrogen (secondary N) is 1. The first-order valence-corrected chi connectivity index (χ1v) is 5.50. The smallest absolute Gasteiger partial charge is 0.254 e. The summed E-state index contributed by atoms with van der Waals surface area (Å²) in [6.45, 7) is 4.08. The minimum absolute atomic E-state index is 0.201. The Balaban J connectivity index is 2.53. The van der Waals surface area contributed by atoms with E-state index in [1.165, 1.54) is 6.20 Å². The first-order valence-electron chi connectivity index (χ1n) is 5.50. The van der Waals surface area contributed by atoms with Gasteiger partial charge >= 0.3 is 0 Å². The first-order chi connectivity index (χ1) is 7.50. The van der Waals surface area contributed by atoms with Gasteiger partial charge in [0.05, 0.1) is 17.4 Å². The molecule has 1 rings (SSSR count). The van der Waals surface area contributed by atoms with Gasteiger partial charge in [-0.25, -0.2) is 0 Å². The van der Waals surface area contributed by atoms with Gasteiger partial charge in [-0.3, -0.25) is 9.48 Å². The maximum absolute atomic E-state index is 11.7. The van der Waals surface area contributed by atoms with Gasteiger partial charge in [-0.1, -0.05) is 13.8 Å². The lowest BCUT2D eigenvalue weighted by atomic mass is 9.97. The van der Waals surface area contributed by atoms with E-state index in [-0.39, 0.29) is 12.5 Å². The van der Waals surface area contributed by atoms with E-state index in [4.69, 9.17) is 0 Å². The molecule has 0 saturated carbocycles. The van der Waals surface area contributed by atoms with Crippen LogP contribution in [0.2, 0.25) is 0 Å². The molecule has 1 aromatic heterocycles. The molecule has 5 nitrogen and oxygen atoms in total. The predicted molar refractivity (Wildman–Crippen MR) is 61.1 cm³/mol. The summed E-state index contributed by atoms with van der Waals surface area (Å²) in [7, 11) is 1.76. The molecule has 0 aliphatic heterocycles. The van der Waals surface area contributed by atoms with E-state index in [0.29, 0.717) is 18.4 Å². The van der Waals surface area contributed by atoms with Gasteiger partial charge in [0.25, 0.3) is 5.91 Å². The molecule has 0 spiro atoms. The molecule has 0 bridgehead atoms. The minimum atomic E-state index is -0.808. The van der Waals surface area contributed by atoms with Gasteiger partial charge in [-0.15, -0.1) is 0 Å². The zero-order chi connectivity index (χ0) is 12.2. The Morgan fingerprint density at radius 2 is 2.19 bits per heavy atom. The third-order valence-electron chi connectivity index (χ3n) is 2.86. The number of nitrogens with zero attached hydrogens (tertiary/aromatic N) is 2. The fraction of sp³-hybridized carbons (Fsp3) is 0.636. The second-order valence-corrected chi connectivity index (χ2v) is 4.02. The third-order valence-corrected chi connectivity index (χ3v) is 2.86. The molecule has 5 heteroatoms. The van der Waals surface area contributed by atoms with Crippen LogP contribution in [0.5, 0.6) is 0 Å². The molecule has 1 heterocycles. The summed E-state index contributed by atoms with van der Waals surface area (Å²) in [4.78, 5) is 11.7. The van der Waals surface area contributed by atoms with E-state index >= 15 is 0 Å². The summed E-state index contributed by atoms with van der Waals surface area (Å²) in [5, 5.41) is 16.6. The number of carbonyl (C=O) groups excluding carboxylic acids is 1. The summed E-state index contributed by atoms with van der Waals surface area (Å²) < 4.78 is 1.57. The zero-order valence-corrected chi connectivity index (χ0v) is 10.0. The highest BCUT2D eigenvalue weighted by Crippen LogP contribution is 2.13. The van der Waals surface area contributed by atoms with Gasteiger partial charge in [-0.2, -0.15) is 5.10 Å². The van der Waals surface area contributed by atoms with Gasteiger partial charge in [0.2, 0.25) is 0 Å². The normalized spacial score (nSPS) is 11.5. The maximum atomic E-state index is 11.7. The number of hydrogen-bond acceptors (Lipinski definition) is 3. The Kier molecular flexibility index (Phi) is 4.06. The van der Waals surface area contributed by atoms with Crippen LogP contribution in [0.4, 0.5) is 0 Å². The average molecular weight is 225 g/mol. The van der Waals surface area contributed by atoms with E-state index in [0.717, 1.165) is 0 Å². The first kappa shape index (κ1) is 12.7. The van der Waals surface area contributed by atoms with E-state index in [2.05, 4.69) is 10.4 Å². The van der Waals surface area contributed by atoms with Crippen molar-refractivity contribution in [3.05, 3.63) is 18.0 Å². The highest BCUT2D eigenvalue weighted by atomic mass is 16.3. The largest absolute Gasteiger partial charge is 0.388 e. The quantitative estimate of drug-likeness (QED) is 0.775.